The second-order valence-electron chi connectivity index (χ2n) is 4.27. The van der Waals surface area contributed by atoms with Crippen LogP contribution in [-0.2, 0) is 14.3 Å². The normalized spacial score (nSPS) is 10.7. The van der Waals surface area contributed by atoms with Crippen LogP contribution in [0.1, 0.15) is 6.42 Å². The summed E-state index contributed by atoms with van der Waals surface area (Å²) in [5.41, 5.74) is 0.980. The third kappa shape index (κ3) is 3.68. The average molecular weight is 294 g/mol. The summed E-state index contributed by atoms with van der Waals surface area (Å²) in [4.78, 5) is 18.0. The van der Waals surface area contributed by atoms with Gasteiger partial charge in [-0.2, -0.15) is 0 Å². The summed E-state index contributed by atoms with van der Waals surface area (Å²) < 4.78 is 10.9. The van der Waals surface area contributed by atoms with E-state index in [0.29, 0.717) is 26.1 Å². The van der Waals surface area contributed by atoms with Crippen LogP contribution in [0.3, 0.4) is 0 Å². The molecule has 1 heterocycles. The molecule has 0 aliphatic heterocycles. The highest BCUT2D eigenvalue weighted by atomic mass is 32.1. The van der Waals surface area contributed by atoms with E-state index < -0.39 is 0 Å². The standard InChI is InChI=1S/C14H18N2O3S/c1-18-10-9-16(8-7-13(17)19-2)14-15-11-5-3-4-6-12(11)20-14/h3-6H,7-10H2,1-2H3. The molecule has 0 saturated carbocycles. The lowest BCUT2D eigenvalue weighted by Crippen LogP contribution is -2.29. The molecule has 0 saturated heterocycles. The van der Waals surface area contributed by atoms with Gasteiger partial charge in [0.15, 0.2) is 5.13 Å². The number of fused-ring (bicyclic) bond motifs is 1. The zero-order valence-electron chi connectivity index (χ0n) is 11.7. The van der Waals surface area contributed by atoms with Crippen molar-refractivity contribution >= 4 is 32.7 Å². The van der Waals surface area contributed by atoms with E-state index in [2.05, 4.69) is 14.6 Å². The van der Waals surface area contributed by atoms with E-state index in [1.807, 2.05) is 24.3 Å². The van der Waals surface area contributed by atoms with Gasteiger partial charge in [0, 0.05) is 20.2 Å². The molecule has 0 aliphatic carbocycles. The Labute approximate surface area is 122 Å². The average Bonchev–Trinajstić information content (AvgIpc) is 2.90. The molecule has 0 N–H and O–H groups in total. The van der Waals surface area contributed by atoms with E-state index in [1.165, 1.54) is 7.11 Å². The number of aromatic nitrogens is 1. The monoisotopic (exact) mass is 294 g/mol. The number of thiazole rings is 1. The highest BCUT2D eigenvalue weighted by molar-refractivity contribution is 7.22. The lowest BCUT2D eigenvalue weighted by molar-refractivity contribution is -0.140. The molecule has 0 radical (unpaired) electrons. The van der Waals surface area contributed by atoms with Gasteiger partial charge in [-0.3, -0.25) is 4.79 Å². The van der Waals surface area contributed by atoms with Crippen LogP contribution in [0.4, 0.5) is 5.13 Å². The maximum absolute atomic E-state index is 11.3. The Morgan fingerprint density at radius 2 is 2.10 bits per heavy atom. The fraction of sp³-hybridized carbons (Fsp3) is 0.429. The lowest BCUT2D eigenvalue weighted by Gasteiger charge is -2.20. The van der Waals surface area contributed by atoms with Crippen LogP contribution in [0.15, 0.2) is 24.3 Å². The van der Waals surface area contributed by atoms with Crippen molar-refractivity contribution in [2.75, 3.05) is 38.8 Å². The number of carbonyl (C=O) groups is 1. The molecule has 1 aromatic carbocycles. The SMILES string of the molecule is COCCN(CCC(=O)OC)c1nc2ccccc2s1. The van der Waals surface area contributed by atoms with E-state index in [0.717, 1.165) is 15.3 Å². The van der Waals surface area contributed by atoms with Crippen molar-refractivity contribution in [3.05, 3.63) is 24.3 Å². The molecule has 0 fully saturated rings. The first-order valence-electron chi connectivity index (χ1n) is 6.41. The minimum atomic E-state index is -0.214. The zero-order chi connectivity index (χ0) is 14.4. The van der Waals surface area contributed by atoms with Gasteiger partial charge < -0.3 is 14.4 Å². The molecule has 0 unspecified atom stereocenters. The molecule has 1 aromatic heterocycles. The summed E-state index contributed by atoms with van der Waals surface area (Å²) in [5.74, 6) is -0.214. The van der Waals surface area contributed by atoms with Crippen molar-refractivity contribution in [2.24, 2.45) is 0 Å². The summed E-state index contributed by atoms with van der Waals surface area (Å²) >= 11 is 1.62. The number of anilines is 1. The number of ether oxygens (including phenoxy) is 2. The van der Waals surface area contributed by atoms with Crippen LogP contribution in [0.2, 0.25) is 0 Å². The van der Waals surface area contributed by atoms with Gasteiger partial charge in [-0.25, -0.2) is 4.98 Å². The van der Waals surface area contributed by atoms with Crippen molar-refractivity contribution in [1.29, 1.82) is 0 Å². The Hall–Kier alpha value is -1.66. The predicted molar refractivity (Wildman–Crippen MR) is 80.3 cm³/mol. The first-order valence-corrected chi connectivity index (χ1v) is 7.22. The summed E-state index contributed by atoms with van der Waals surface area (Å²) in [5, 5.41) is 0.909. The van der Waals surface area contributed by atoms with Crippen LogP contribution >= 0.6 is 11.3 Å². The van der Waals surface area contributed by atoms with Crippen molar-refractivity contribution in [1.82, 2.24) is 4.98 Å². The fourth-order valence-corrected chi connectivity index (χ4v) is 2.85. The van der Waals surface area contributed by atoms with Gasteiger partial charge in [-0.15, -0.1) is 0 Å². The molecule has 0 spiro atoms. The smallest absolute Gasteiger partial charge is 0.307 e. The van der Waals surface area contributed by atoms with E-state index in [9.17, 15) is 4.79 Å². The predicted octanol–water partition coefficient (Wildman–Crippen LogP) is 2.31. The minimum Gasteiger partial charge on any atom is -0.469 e. The Morgan fingerprint density at radius 3 is 2.80 bits per heavy atom. The maximum Gasteiger partial charge on any atom is 0.307 e. The van der Waals surface area contributed by atoms with Gasteiger partial charge >= 0.3 is 5.97 Å². The van der Waals surface area contributed by atoms with Crippen LogP contribution < -0.4 is 4.90 Å². The van der Waals surface area contributed by atoms with Crippen molar-refractivity contribution in [3.63, 3.8) is 0 Å². The number of hydrogen-bond donors (Lipinski definition) is 0. The van der Waals surface area contributed by atoms with Gasteiger partial charge in [0.25, 0.3) is 0 Å². The highest BCUT2D eigenvalue weighted by Crippen LogP contribution is 2.28. The third-order valence-corrected chi connectivity index (χ3v) is 4.03. The van der Waals surface area contributed by atoms with Gasteiger partial charge in [0.05, 0.1) is 30.4 Å². The molecule has 20 heavy (non-hydrogen) atoms. The maximum atomic E-state index is 11.3. The Bertz CT molecular complexity index is 537. The van der Waals surface area contributed by atoms with Crippen LogP contribution in [-0.4, -0.2) is 44.9 Å². The first kappa shape index (κ1) is 14.7. The quantitative estimate of drug-likeness (QED) is 0.734. The van der Waals surface area contributed by atoms with E-state index in [1.54, 1.807) is 18.4 Å². The summed E-state index contributed by atoms with van der Waals surface area (Å²) in [7, 11) is 3.07. The Morgan fingerprint density at radius 1 is 1.30 bits per heavy atom. The fourth-order valence-electron chi connectivity index (χ4n) is 1.83. The van der Waals surface area contributed by atoms with E-state index in [-0.39, 0.29) is 5.97 Å². The molecular weight excluding hydrogens is 276 g/mol. The summed E-state index contributed by atoms with van der Waals surface area (Å²) in [6.07, 6.45) is 0.343. The first-order chi connectivity index (χ1) is 9.74. The number of methoxy groups -OCH3 is 2. The number of para-hydroxylation sites is 1. The van der Waals surface area contributed by atoms with E-state index in [4.69, 9.17) is 4.74 Å². The molecule has 6 heteroatoms. The van der Waals surface area contributed by atoms with Crippen LogP contribution in [0, 0.1) is 0 Å². The molecule has 5 nitrogen and oxygen atoms in total. The van der Waals surface area contributed by atoms with Crippen LogP contribution in [0.5, 0.6) is 0 Å². The van der Waals surface area contributed by atoms with Crippen molar-refractivity contribution in [2.45, 2.75) is 6.42 Å². The van der Waals surface area contributed by atoms with Gasteiger partial charge in [0.2, 0.25) is 0 Å². The molecule has 2 aromatic rings. The van der Waals surface area contributed by atoms with Gasteiger partial charge in [-0.1, -0.05) is 23.5 Å². The zero-order valence-corrected chi connectivity index (χ0v) is 12.5. The highest BCUT2D eigenvalue weighted by Gasteiger charge is 2.13. The number of benzene rings is 1. The van der Waals surface area contributed by atoms with E-state index >= 15 is 0 Å². The number of carbonyl (C=O) groups excluding carboxylic acids is 1. The van der Waals surface area contributed by atoms with Crippen molar-refractivity contribution in [3.8, 4) is 0 Å². The number of rotatable bonds is 7. The number of nitrogens with zero attached hydrogens (tertiary/aromatic N) is 2. The topological polar surface area (TPSA) is 51.7 Å². The molecule has 0 bridgehead atoms. The second kappa shape index (κ2) is 7.21. The summed E-state index contributed by atoms with van der Waals surface area (Å²) in [6.45, 7) is 1.88. The molecule has 0 atom stereocenters. The van der Waals surface area contributed by atoms with Crippen molar-refractivity contribution < 1.29 is 14.3 Å². The van der Waals surface area contributed by atoms with Gasteiger partial charge in [-0.05, 0) is 12.1 Å². The molecule has 2 rings (SSSR count). The molecule has 108 valence electrons. The largest absolute Gasteiger partial charge is 0.469 e. The molecule has 0 aliphatic rings. The Kier molecular flexibility index (Phi) is 5.31. The summed E-state index contributed by atoms with van der Waals surface area (Å²) in [6, 6.07) is 8.01. The second-order valence-corrected chi connectivity index (χ2v) is 5.28. The molecular formula is C14H18N2O3S. The van der Waals surface area contributed by atoms with Crippen LogP contribution in [0.25, 0.3) is 10.2 Å². The minimum absolute atomic E-state index is 0.214. The number of hydrogen-bond acceptors (Lipinski definition) is 6. The molecule has 0 amide bonds. The number of esters is 1. The third-order valence-electron chi connectivity index (χ3n) is 2.93. The Balaban J connectivity index is 2.13. The lowest BCUT2D eigenvalue weighted by atomic mass is 10.3. The van der Waals surface area contributed by atoms with Gasteiger partial charge in [0.1, 0.15) is 0 Å².